The number of hydrogen-bond donors (Lipinski definition) is 1. The van der Waals surface area contributed by atoms with Gasteiger partial charge in [0.15, 0.2) is 0 Å². The van der Waals surface area contributed by atoms with Crippen LogP contribution in [0.2, 0.25) is 5.02 Å². The molecule has 6 bridgehead atoms. The molecule has 3 unspecified atom stereocenters. The van der Waals surface area contributed by atoms with E-state index in [2.05, 4.69) is 84.4 Å². The second-order valence-corrected chi connectivity index (χ2v) is 32.3. The van der Waals surface area contributed by atoms with Crippen molar-refractivity contribution in [2.45, 2.75) is 127 Å². The molecule has 0 amide bonds. The number of fused-ring (bicyclic) bond motifs is 6. The molecule has 0 aromatic carbocycles. The number of hydrogen-bond acceptors (Lipinski definition) is 6. The number of pyridine rings is 2. The maximum absolute atomic E-state index is 9.29. The Labute approximate surface area is 381 Å². The topological polar surface area (TPSA) is 73.7 Å². The molecule has 0 saturated heterocycles. The molecule has 7 saturated carbocycles. The molecule has 1 N–H and O–H groups in total. The van der Waals surface area contributed by atoms with Crippen molar-refractivity contribution >= 4 is 110 Å². The molecule has 7 fully saturated rings. The fraction of sp³-hybridized carbons (Fsp3) is 0.737. The van der Waals surface area contributed by atoms with Gasteiger partial charge in [-0.1, -0.05) is 50.1 Å². The molecule has 7 aliphatic carbocycles. The van der Waals surface area contributed by atoms with Crippen molar-refractivity contribution in [1.29, 1.82) is 0 Å². The number of aliphatic hydroxyl groups excluding tert-OH is 1. The SMILES string of the molecule is Clc1ccnc(OC2C[C@H]3CC[C@@H](C2)C3)c1.I.II.I[I-]I.OC1C[C@H]2CC[C@@H](C1)C2.c1cc(OCC2CC2)cc(OC2C[C@H]3CC[C@@H](C2)C3)n1. The first kappa shape index (κ1) is 46.0. The molecule has 2 aromatic heterocycles. The number of halogens is 7. The molecule has 0 radical (unpaired) electrons. The van der Waals surface area contributed by atoms with Gasteiger partial charge in [-0.2, -0.15) is 0 Å². The third kappa shape index (κ3) is 16.6. The quantitative estimate of drug-likeness (QED) is 0.279. The van der Waals surface area contributed by atoms with E-state index in [-0.39, 0.29) is 30.1 Å². The van der Waals surface area contributed by atoms with Gasteiger partial charge in [0.05, 0.1) is 12.7 Å². The number of aliphatic hydroxyl groups is 1. The predicted molar refractivity (Wildman–Crippen MR) is 248 cm³/mol. The minimum Gasteiger partial charge on any atom is -0.493 e. The van der Waals surface area contributed by atoms with E-state index in [1.165, 1.54) is 96.3 Å². The molecular formula is C38H54ClI6N2O4-. The van der Waals surface area contributed by atoms with Crippen LogP contribution in [0.25, 0.3) is 0 Å². The third-order valence-electron chi connectivity index (χ3n) is 11.7. The Morgan fingerprint density at radius 1 is 0.647 bits per heavy atom. The van der Waals surface area contributed by atoms with Crippen molar-refractivity contribution in [3.63, 3.8) is 0 Å². The number of nitrogens with zero attached hydrogens (tertiary/aromatic N) is 2. The maximum atomic E-state index is 9.29. The normalized spacial score (nSPS) is 32.2. The van der Waals surface area contributed by atoms with Gasteiger partial charge in [0.2, 0.25) is 11.8 Å². The summed E-state index contributed by atoms with van der Waals surface area (Å²) in [5.74, 6) is 8.45. The van der Waals surface area contributed by atoms with Gasteiger partial charge < -0.3 is 19.3 Å². The van der Waals surface area contributed by atoms with Crippen molar-refractivity contribution in [2.75, 3.05) is 6.61 Å². The molecule has 9 atom stereocenters. The molecule has 2 heterocycles. The van der Waals surface area contributed by atoms with E-state index >= 15 is 0 Å². The van der Waals surface area contributed by atoms with Gasteiger partial charge >= 0.3 is 50.5 Å². The van der Waals surface area contributed by atoms with Crippen LogP contribution in [0, 0.1) is 41.4 Å². The van der Waals surface area contributed by atoms with Crippen LogP contribution in [0.4, 0.5) is 0 Å². The number of rotatable bonds is 7. The largest absolute Gasteiger partial charge is 0.493 e. The first-order valence-electron chi connectivity index (χ1n) is 18.6. The average Bonchev–Trinajstić information content (AvgIpc) is 3.67. The van der Waals surface area contributed by atoms with Crippen molar-refractivity contribution in [3.8, 4) is 17.5 Å². The van der Waals surface area contributed by atoms with Crippen LogP contribution in [-0.4, -0.2) is 40.0 Å². The van der Waals surface area contributed by atoms with Crippen molar-refractivity contribution in [3.05, 3.63) is 41.7 Å². The van der Waals surface area contributed by atoms with E-state index in [1.54, 1.807) is 24.5 Å². The van der Waals surface area contributed by atoms with Crippen LogP contribution in [0.3, 0.4) is 0 Å². The summed E-state index contributed by atoms with van der Waals surface area (Å²) in [4.78, 5) is 8.54. The number of ether oxygens (including phenoxy) is 3. The average molecular weight is 1400 g/mol. The van der Waals surface area contributed by atoms with Gasteiger partial charge in [0.1, 0.15) is 18.0 Å². The molecule has 2 aromatic rings. The first-order valence-corrected chi connectivity index (χ1v) is 37.9. The standard InChI is InChI=1S/C17H23NO2.C13H16ClNO.C8H14O.I3.I2.HI/c1-2-12(1)11-19-15-5-6-18-17(10-15)20-16-8-13-3-4-14(7-13)9-16;14-11-3-4-15-13(8-11)16-12-6-9-1-2-10(5-9)7-12;9-8-4-6-1-2-7(3-6)5-8;1-3-2;1-2;/h5-6,10,12-14,16H,1-4,7-9,11H2;3-4,8-10,12H,1-2,5-7H2;6-9H,1-5H2;;;1H/q;;;-1;;/t13-,14+,16?;9-,10+,12?;6-,7+,8?;;;. The van der Waals surface area contributed by atoms with E-state index in [9.17, 15) is 5.11 Å². The molecule has 13 heteroatoms. The molecule has 0 aliphatic heterocycles. The molecule has 9 rings (SSSR count). The van der Waals surface area contributed by atoms with Crippen LogP contribution in [0.1, 0.15) is 109 Å². The van der Waals surface area contributed by atoms with Crippen LogP contribution in [0.15, 0.2) is 36.7 Å². The van der Waals surface area contributed by atoms with Crippen LogP contribution < -0.4 is 27.5 Å². The first-order chi connectivity index (χ1) is 24.4. The Balaban J connectivity index is 0.000000168. The second-order valence-electron chi connectivity index (χ2n) is 15.6. The fourth-order valence-corrected chi connectivity index (χ4v) is 9.54. The molecule has 7 aliphatic rings. The Hall–Kier alpha value is 2.33. The van der Waals surface area contributed by atoms with Gasteiger partial charge in [0.25, 0.3) is 0 Å². The summed E-state index contributed by atoms with van der Waals surface area (Å²) in [5, 5.41) is 9.99. The van der Waals surface area contributed by atoms with E-state index in [0.717, 1.165) is 72.5 Å². The summed E-state index contributed by atoms with van der Waals surface area (Å²) in [6, 6.07) is 7.47. The zero-order valence-corrected chi connectivity index (χ0v) is 43.1. The second kappa shape index (κ2) is 25.0. The van der Waals surface area contributed by atoms with E-state index in [1.807, 2.05) is 12.1 Å². The Bertz CT molecular complexity index is 1250. The van der Waals surface area contributed by atoms with Gasteiger partial charge in [-0.15, -0.1) is 24.0 Å². The van der Waals surface area contributed by atoms with Gasteiger partial charge in [-0.3, -0.25) is 0 Å². The minimum absolute atomic E-state index is 0. The third-order valence-corrected chi connectivity index (χ3v) is 11.9. The Kier molecular flexibility index (Phi) is 22.5. The summed E-state index contributed by atoms with van der Waals surface area (Å²) in [6.45, 7) is 0.844. The van der Waals surface area contributed by atoms with Crippen LogP contribution in [0.5, 0.6) is 17.5 Å². The van der Waals surface area contributed by atoms with Gasteiger partial charge in [-0.25, -0.2) is 9.97 Å². The molecule has 0 spiro atoms. The monoisotopic (exact) mass is 1400 g/mol. The smallest absolute Gasteiger partial charge is 0.217 e. The van der Waals surface area contributed by atoms with E-state index in [4.69, 9.17) is 25.8 Å². The summed E-state index contributed by atoms with van der Waals surface area (Å²) >= 11 is 15.5. The van der Waals surface area contributed by atoms with Gasteiger partial charge in [-0.05, 0) is 124 Å². The zero-order valence-electron chi connectivity index (χ0n) is 29.2. The van der Waals surface area contributed by atoms with E-state index < -0.39 is 0 Å². The van der Waals surface area contributed by atoms with E-state index in [0.29, 0.717) is 36.4 Å². The summed E-state index contributed by atoms with van der Waals surface area (Å²) in [6.07, 6.45) is 26.6. The summed E-state index contributed by atoms with van der Waals surface area (Å²) in [7, 11) is 0. The van der Waals surface area contributed by atoms with Crippen LogP contribution >= 0.6 is 110 Å². The van der Waals surface area contributed by atoms with Crippen molar-refractivity contribution in [2.24, 2.45) is 41.4 Å². The molecular weight excluding hydrogens is 1350 g/mol. The van der Waals surface area contributed by atoms with Crippen molar-refractivity contribution in [1.82, 2.24) is 9.97 Å². The van der Waals surface area contributed by atoms with Crippen LogP contribution in [-0.2, 0) is 0 Å². The number of aromatic nitrogens is 2. The Morgan fingerprint density at radius 3 is 1.49 bits per heavy atom. The summed E-state index contributed by atoms with van der Waals surface area (Å²) < 4.78 is 17.8. The molecule has 51 heavy (non-hydrogen) atoms. The minimum atomic E-state index is 0. The van der Waals surface area contributed by atoms with Crippen molar-refractivity contribution < 1.29 is 32.6 Å². The van der Waals surface area contributed by atoms with Gasteiger partial charge in [0, 0.05) is 66.8 Å². The zero-order chi connectivity index (χ0) is 35.3. The maximum Gasteiger partial charge on any atom is 0.217 e. The predicted octanol–water partition coefficient (Wildman–Crippen LogP) is 10.2. The molecule has 290 valence electrons. The summed E-state index contributed by atoms with van der Waals surface area (Å²) in [5.41, 5.74) is 0. The Morgan fingerprint density at radius 2 is 1.06 bits per heavy atom. The molecule has 6 nitrogen and oxygen atoms in total. The fourth-order valence-electron chi connectivity index (χ4n) is 9.39.